The van der Waals surface area contributed by atoms with Crippen molar-refractivity contribution >= 4 is 21.2 Å². The van der Waals surface area contributed by atoms with E-state index >= 15 is 0 Å². The molecule has 0 aliphatic rings. The number of hydrogen-bond acceptors (Lipinski definition) is 3. The summed E-state index contributed by atoms with van der Waals surface area (Å²) < 4.78 is 174. The van der Waals surface area contributed by atoms with E-state index in [4.69, 9.17) is 13.0 Å². The third kappa shape index (κ3) is 4.49. The minimum Gasteiger partial charge on any atom is -0.748 e. The van der Waals surface area contributed by atoms with Crippen molar-refractivity contribution in [3.63, 3.8) is 0 Å². The Morgan fingerprint density at radius 3 is 1.62 bits per heavy atom. The zero-order chi connectivity index (χ0) is 25.7. The number of benzene rings is 1. The maximum atomic E-state index is 14.3. The van der Waals surface area contributed by atoms with Gasteiger partial charge in [-0.25, -0.2) is 17.6 Å². The van der Waals surface area contributed by atoms with Gasteiger partial charge < -0.3 is 4.55 Å². The first-order valence-electron chi connectivity index (χ1n) is 7.85. The molecule has 17 heteroatoms. The zero-order valence-corrected chi connectivity index (χ0v) is 16.8. The van der Waals surface area contributed by atoms with Gasteiger partial charge in [-0.2, -0.15) is 48.3 Å². The molecular formula is C15H13F11N2O3S. The first-order chi connectivity index (χ1) is 13.9. The molecule has 1 aromatic carbocycles. The van der Waals surface area contributed by atoms with Crippen molar-refractivity contribution in [1.82, 2.24) is 4.57 Å². The molecule has 0 atom stereocenters. The van der Waals surface area contributed by atoms with E-state index in [-0.39, 0.29) is 11.0 Å². The molecule has 5 nitrogen and oxygen atoms in total. The van der Waals surface area contributed by atoms with Gasteiger partial charge in [-0.3, -0.25) is 0 Å². The van der Waals surface area contributed by atoms with Gasteiger partial charge in [-0.1, -0.05) is 12.1 Å². The summed E-state index contributed by atoms with van der Waals surface area (Å²) in [5, 5.41) is 0. The lowest BCUT2D eigenvalue weighted by molar-refractivity contribution is -0.668. The largest absolute Gasteiger partial charge is 0.748 e. The number of rotatable bonds is 4. The summed E-state index contributed by atoms with van der Waals surface area (Å²) in [6.45, 7) is 0. The van der Waals surface area contributed by atoms with Crippen molar-refractivity contribution in [3.8, 4) is 0 Å². The molecule has 0 aliphatic carbocycles. The average Bonchev–Trinajstić information content (AvgIpc) is 2.83. The molecular weight excluding hydrogens is 497 g/mol. The lowest BCUT2D eigenvalue weighted by Crippen LogP contribution is -2.66. The number of hydrogen-bond donors (Lipinski definition) is 0. The van der Waals surface area contributed by atoms with Gasteiger partial charge in [-0.05, 0) is 12.1 Å². The minimum absolute atomic E-state index is 0.170. The van der Waals surface area contributed by atoms with Gasteiger partial charge >= 0.3 is 35.7 Å². The van der Waals surface area contributed by atoms with Crippen LogP contribution in [0.15, 0.2) is 24.3 Å². The first kappa shape index (κ1) is 27.9. The maximum absolute atomic E-state index is 14.3. The molecule has 0 saturated carbocycles. The van der Waals surface area contributed by atoms with E-state index in [1.165, 1.54) is 12.1 Å². The van der Waals surface area contributed by atoms with Crippen LogP contribution < -0.4 is 4.57 Å². The SMILES string of the molecule is CS(=O)(=O)[O-].Cn1c(C(F)(F)C(F)(F)C(F)(F)C(F)(F)C(F)(F)F)[n+](C)c2ccccc21. The summed E-state index contributed by atoms with van der Waals surface area (Å²) >= 11 is 0. The molecule has 0 spiro atoms. The third-order valence-corrected chi connectivity index (χ3v) is 4.06. The number of aryl methyl sites for hydroxylation is 2. The van der Waals surface area contributed by atoms with Crippen molar-refractivity contribution < 1.29 is 65.8 Å². The van der Waals surface area contributed by atoms with Crippen molar-refractivity contribution in [2.24, 2.45) is 14.1 Å². The highest BCUT2D eigenvalue weighted by atomic mass is 32.2. The standard InChI is InChI=1S/C14H10F11N2.CH4O3S/c1-26-7-5-3-4-6-8(7)27(2)9(26)10(15,16)11(17,18)12(19,20)13(21,22)14(23,24)25;1-5(2,3)4/h3-6H,1-2H3;1H3,(H,2,3,4)/q+1;/p-1. The normalized spacial score (nSPS) is 14.3. The lowest BCUT2D eigenvalue weighted by atomic mass is 9.97. The van der Waals surface area contributed by atoms with E-state index in [9.17, 15) is 48.3 Å². The van der Waals surface area contributed by atoms with Crippen molar-refractivity contribution in [2.45, 2.75) is 29.9 Å². The van der Waals surface area contributed by atoms with Gasteiger partial charge in [0.05, 0.1) is 24.2 Å². The molecule has 0 fully saturated rings. The molecule has 2 rings (SSSR count). The van der Waals surface area contributed by atoms with Crippen LogP contribution in [0, 0.1) is 0 Å². The number of nitrogens with zero attached hydrogens (tertiary/aromatic N) is 2. The van der Waals surface area contributed by atoms with E-state index in [0.717, 1.165) is 26.2 Å². The average molecular weight is 510 g/mol. The monoisotopic (exact) mass is 510 g/mol. The summed E-state index contributed by atoms with van der Waals surface area (Å²) in [6.07, 6.45) is -6.58. The van der Waals surface area contributed by atoms with E-state index in [0.29, 0.717) is 15.4 Å². The number of fused-ring (bicyclic) bond motifs is 1. The Balaban J connectivity index is 0.000000920. The van der Waals surface area contributed by atoms with Crippen molar-refractivity contribution in [3.05, 3.63) is 30.1 Å². The fraction of sp³-hybridized carbons (Fsp3) is 0.533. The molecule has 0 bridgehead atoms. The molecule has 1 aromatic heterocycles. The zero-order valence-electron chi connectivity index (χ0n) is 16.0. The molecule has 2 aromatic rings. The molecule has 0 aliphatic heterocycles. The second kappa shape index (κ2) is 8.00. The summed E-state index contributed by atoms with van der Waals surface area (Å²) in [4.78, 5) is 0. The van der Waals surface area contributed by atoms with Crippen molar-refractivity contribution in [1.29, 1.82) is 0 Å². The topological polar surface area (TPSA) is 66.0 Å². The number of aromatic nitrogens is 2. The predicted molar refractivity (Wildman–Crippen MR) is 84.5 cm³/mol. The molecule has 184 valence electrons. The second-order valence-corrected chi connectivity index (χ2v) is 7.84. The number of alkyl halides is 11. The van der Waals surface area contributed by atoms with E-state index in [2.05, 4.69) is 0 Å². The van der Waals surface area contributed by atoms with Crippen LogP contribution in [-0.4, -0.2) is 47.7 Å². The molecule has 0 N–H and O–H groups in total. The number of imidazole rings is 1. The number of halogens is 11. The third-order valence-electron chi connectivity index (χ3n) is 4.06. The van der Waals surface area contributed by atoms with Gasteiger partial charge in [0.15, 0.2) is 11.0 Å². The van der Waals surface area contributed by atoms with Crippen LogP contribution in [0.3, 0.4) is 0 Å². The van der Waals surface area contributed by atoms with Gasteiger partial charge in [0.1, 0.15) is 0 Å². The molecule has 32 heavy (non-hydrogen) atoms. The smallest absolute Gasteiger partial charge is 0.460 e. The predicted octanol–water partition coefficient (Wildman–Crippen LogP) is 3.72. The summed E-state index contributed by atoms with van der Waals surface area (Å²) in [5.41, 5.74) is -0.340. The second-order valence-electron chi connectivity index (χ2n) is 6.43. The van der Waals surface area contributed by atoms with Crippen LogP contribution in [0.25, 0.3) is 11.0 Å². The highest BCUT2D eigenvalue weighted by molar-refractivity contribution is 7.84. The van der Waals surface area contributed by atoms with E-state index in [1.54, 1.807) is 0 Å². The Morgan fingerprint density at radius 1 is 0.844 bits per heavy atom. The van der Waals surface area contributed by atoms with Crippen LogP contribution in [0.1, 0.15) is 5.82 Å². The van der Waals surface area contributed by atoms with E-state index < -0.39 is 45.8 Å². The van der Waals surface area contributed by atoms with Crippen LogP contribution in [0.2, 0.25) is 0 Å². The van der Waals surface area contributed by atoms with E-state index in [1.807, 2.05) is 0 Å². The maximum Gasteiger partial charge on any atom is 0.460 e. The number of para-hydroxylation sites is 2. The molecule has 0 unspecified atom stereocenters. The van der Waals surface area contributed by atoms with Crippen LogP contribution in [0.4, 0.5) is 48.3 Å². The highest BCUT2D eigenvalue weighted by Crippen LogP contribution is 2.59. The summed E-state index contributed by atoms with van der Waals surface area (Å²) in [7, 11) is -2.41. The summed E-state index contributed by atoms with van der Waals surface area (Å²) in [6, 6.07) is 4.84. The molecule has 0 radical (unpaired) electrons. The van der Waals surface area contributed by atoms with Gasteiger partial charge in [0.25, 0.3) is 0 Å². The van der Waals surface area contributed by atoms with Gasteiger partial charge in [-0.15, -0.1) is 0 Å². The van der Waals surface area contributed by atoms with Crippen molar-refractivity contribution in [2.75, 3.05) is 6.26 Å². The van der Waals surface area contributed by atoms with Crippen LogP contribution in [0.5, 0.6) is 0 Å². The molecule has 1 heterocycles. The fourth-order valence-corrected chi connectivity index (χ4v) is 2.62. The Morgan fingerprint density at radius 2 is 1.25 bits per heavy atom. The lowest BCUT2D eigenvalue weighted by Gasteiger charge is -2.35. The Hall–Kier alpha value is -2.17. The Bertz CT molecular complexity index is 1040. The molecule has 0 saturated heterocycles. The van der Waals surface area contributed by atoms with Gasteiger partial charge in [0.2, 0.25) is 0 Å². The quantitative estimate of drug-likeness (QED) is 0.358. The Labute approximate surface area is 172 Å². The fourth-order valence-electron chi connectivity index (χ4n) is 2.62. The summed E-state index contributed by atoms with van der Waals surface area (Å²) in [5.74, 6) is -29.9. The highest BCUT2D eigenvalue weighted by Gasteiger charge is 2.89. The van der Waals surface area contributed by atoms with Crippen LogP contribution in [-0.2, 0) is 30.1 Å². The molecule has 0 amide bonds. The first-order valence-corrected chi connectivity index (χ1v) is 9.67. The van der Waals surface area contributed by atoms with Gasteiger partial charge in [0, 0.05) is 6.26 Å². The Kier molecular flexibility index (Phi) is 6.97. The minimum atomic E-state index is -7.44. The van der Waals surface area contributed by atoms with Crippen LogP contribution >= 0.6 is 0 Å².